The summed E-state index contributed by atoms with van der Waals surface area (Å²) >= 11 is 0. The van der Waals surface area contributed by atoms with Crippen LogP contribution >= 0.6 is 0 Å². The molecule has 0 radical (unpaired) electrons. The van der Waals surface area contributed by atoms with Crippen LogP contribution < -0.4 is 10.2 Å². The molecule has 0 amide bonds. The van der Waals surface area contributed by atoms with Crippen molar-refractivity contribution in [3.8, 4) is 0 Å². The summed E-state index contributed by atoms with van der Waals surface area (Å²) in [5.41, 5.74) is 4.31. The van der Waals surface area contributed by atoms with E-state index in [0.29, 0.717) is 0 Å². The SMILES string of the molecule is CCOCCN(C)c1cccc2c1CCNC2. The predicted molar refractivity (Wildman–Crippen MR) is 71.6 cm³/mol. The zero-order valence-corrected chi connectivity index (χ0v) is 10.8. The molecule has 17 heavy (non-hydrogen) atoms. The van der Waals surface area contributed by atoms with E-state index in [9.17, 15) is 0 Å². The Morgan fingerprint density at radius 1 is 1.41 bits per heavy atom. The molecular formula is C14H22N2O. The maximum absolute atomic E-state index is 5.42. The largest absolute Gasteiger partial charge is 0.380 e. The number of likely N-dealkylation sites (N-methyl/N-ethyl adjacent to an activating group) is 1. The van der Waals surface area contributed by atoms with Gasteiger partial charge in [-0.2, -0.15) is 0 Å². The highest BCUT2D eigenvalue weighted by atomic mass is 16.5. The summed E-state index contributed by atoms with van der Waals surface area (Å²) in [4.78, 5) is 2.31. The first-order chi connectivity index (χ1) is 8.33. The van der Waals surface area contributed by atoms with Gasteiger partial charge in [-0.1, -0.05) is 12.1 Å². The van der Waals surface area contributed by atoms with E-state index in [4.69, 9.17) is 4.74 Å². The van der Waals surface area contributed by atoms with E-state index in [2.05, 4.69) is 35.5 Å². The van der Waals surface area contributed by atoms with Crippen LogP contribution in [0.1, 0.15) is 18.1 Å². The minimum Gasteiger partial charge on any atom is -0.380 e. The van der Waals surface area contributed by atoms with Gasteiger partial charge in [-0.25, -0.2) is 0 Å². The van der Waals surface area contributed by atoms with Gasteiger partial charge in [-0.05, 0) is 37.1 Å². The summed E-state index contributed by atoms with van der Waals surface area (Å²) in [5, 5.41) is 3.42. The second-order valence-corrected chi connectivity index (χ2v) is 4.46. The third kappa shape index (κ3) is 2.99. The molecule has 3 nitrogen and oxygen atoms in total. The van der Waals surface area contributed by atoms with Gasteiger partial charge in [0, 0.05) is 32.4 Å². The molecular weight excluding hydrogens is 212 g/mol. The fourth-order valence-corrected chi connectivity index (χ4v) is 2.34. The van der Waals surface area contributed by atoms with Crippen molar-refractivity contribution in [1.82, 2.24) is 5.32 Å². The van der Waals surface area contributed by atoms with Crippen molar-refractivity contribution >= 4 is 5.69 Å². The number of nitrogens with one attached hydrogen (secondary N) is 1. The van der Waals surface area contributed by atoms with Crippen molar-refractivity contribution in [2.24, 2.45) is 0 Å². The Morgan fingerprint density at radius 2 is 2.29 bits per heavy atom. The molecule has 1 aliphatic heterocycles. The minimum atomic E-state index is 0.796. The van der Waals surface area contributed by atoms with E-state index >= 15 is 0 Å². The molecule has 1 aromatic carbocycles. The molecule has 1 N–H and O–H groups in total. The lowest BCUT2D eigenvalue weighted by molar-refractivity contribution is 0.154. The molecule has 0 aromatic heterocycles. The van der Waals surface area contributed by atoms with Gasteiger partial charge in [0.1, 0.15) is 0 Å². The lowest BCUT2D eigenvalue weighted by atomic mass is 9.98. The van der Waals surface area contributed by atoms with E-state index in [-0.39, 0.29) is 0 Å². The van der Waals surface area contributed by atoms with Crippen molar-refractivity contribution in [3.63, 3.8) is 0 Å². The number of ether oxygens (including phenoxy) is 1. The molecule has 0 saturated carbocycles. The number of hydrogen-bond donors (Lipinski definition) is 1. The Morgan fingerprint density at radius 3 is 3.12 bits per heavy atom. The monoisotopic (exact) mass is 234 g/mol. The maximum atomic E-state index is 5.42. The van der Waals surface area contributed by atoms with Crippen LogP contribution in [0.2, 0.25) is 0 Å². The molecule has 0 atom stereocenters. The summed E-state index contributed by atoms with van der Waals surface area (Å²) in [6.07, 6.45) is 1.13. The summed E-state index contributed by atoms with van der Waals surface area (Å²) in [6, 6.07) is 6.59. The Labute approximate surface area is 104 Å². The van der Waals surface area contributed by atoms with Crippen molar-refractivity contribution < 1.29 is 4.74 Å². The highest BCUT2D eigenvalue weighted by molar-refractivity contribution is 5.57. The van der Waals surface area contributed by atoms with E-state index in [1.54, 1.807) is 0 Å². The highest BCUT2D eigenvalue weighted by Crippen LogP contribution is 2.25. The Balaban J connectivity index is 2.09. The average Bonchev–Trinajstić information content (AvgIpc) is 2.38. The normalized spacial score (nSPS) is 14.5. The van der Waals surface area contributed by atoms with Crippen LogP contribution in [-0.2, 0) is 17.7 Å². The van der Waals surface area contributed by atoms with Gasteiger partial charge in [0.25, 0.3) is 0 Å². The molecule has 0 saturated heterocycles. The minimum absolute atomic E-state index is 0.796. The molecule has 1 heterocycles. The van der Waals surface area contributed by atoms with Gasteiger partial charge < -0.3 is 15.0 Å². The molecule has 0 spiro atoms. The fraction of sp³-hybridized carbons (Fsp3) is 0.571. The van der Waals surface area contributed by atoms with E-state index < -0.39 is 0 Å². The van der Waals surface area contributed by atoms with E-state index in [0.717, 1.165) is 39.3 Å². The van der Waals surface area contributed by atoms with Gasteiger partial charge in [-0.15, -0.1) is 0 Å². The summed E-state index contributed by atoms with van der Waals surface area (Å²) in [7, 11) is 2.15. The van der Waals surface area contributed by atoms with Gasteiger partial charge in [0.2, 0.25) is 0 Å². The second-order valence-electron chi connectivity index (χ2n) is 4.46. The molecule has 1 aromatic rings. The lowest BCUT2D eigenvalue weighted by Gasteiger charge is -2.26. The van der Waals surface area contributed by atoms with Crippen LogP contribution in [-0.4, -0.2) is 33.4 Å². The van der Waals surface area contributed by atoms with Crippen LogP contribution in [0.5, 0.6) is 0 Å². The first kappa shape index (κ1) is 12.4. The number of rotatable bonds is 5. The van der Waals surface area contributed by atoms with Crippen LogP contribution in [0.15, 0.2) is 18.2 Å². The molecule has 0 fully saturated rings. The van der Waals surface area contributed by atoms with E-state index in [1.165, 1.54) is 16.8 Å². The molecule has 2 rings (SSSR count). The molecule has 0 unspecified atom stereocenters. The summed E-state index contributed by atoms with van der Waals surface area (Å²) in [6.45, 7) is 6.68. The third-order valence-electron chi connectivity index (χ3n) is 3.30. The average molecular weight is 234 g/mol. The van der Waals surface area contributed by atoms with Crippen molar-refractivity contribution in [2.45, 2.75) is 19.9 Å². The first-order valence-corrected chi connectivity index (χ1v) is 6.43. The van der Waals surface area contributed by atoms with Crippen LogP contribution in [0.3, 0.4) is 0 Å². The molecule has 3 heteroatoms. The summed E-state index contributed by atoms with van der Waals surface area (Å²) in [5.74, 6) is 0. The fourth-order valence-electron chi connectivity index (χ4n) is 2.34. The molecule has 1 aliphatic rings. The van der Waals surface area contributed by atoms with Crippen molar-refractivity contribution in [3.05, 3.63) is 29.3 Å². The number of benzene rings is 1. The zero-order valence-electron chi connectivity index (χ0n) is 10.8. The number of fused-ring (bicyclic) bond motifs is 1. The van der Waals surface area contributed by atoms with Crippen LogP contribution in [0.4, 0.5) is 5.69 Å². The molecule has 0 aliphatic carbocycles. The number of anilines is 1. The lowest BCUT2D eigenvalue weighted by Crippen LogP contribution is -2.28. The van der Waals surface area contributed by atoms with Gasteiger partial charge in [-0.3, -0.25) is 0 Å². The van der Waals surface area contributed by atoms with Crippen LogP contribution in [0.25, 0.3) is 0 Å². The summed E-state index contributed by atoms with van der Waals surface area (Å²) < 4.78 is 5.42. The zero-order chi connectivity index (χ0) is 12.1. The second kappa shape index (κ2) is 6.03. The highest BCUT2D eigenvalue weighted by Gasteiger charge is 2.14. The third-order valence-corrected chi connectivity index (χ3v) is 3.30. The maximum Gasteiger partial charge on any atom is 0.0641 e. The van der Waals surface area contributed by atoms with Gasteiger partial charge in [0.05, 0.1) is 6.61 Å². The topological polar surface area (TPSA) is 24.5 Å². The molecule has 94 valence electrons. The van der Waals surface area contributed by atoms with E-state index in [1.807, 2.05) is 6.92 Å². The van der Waals surface area contributed by atoms with Crippen molar-refractivity contribution in [1.29, 1.82) is 0 Å². The van der Waals surface area contributed by atoms with Gasteiger partial charge in [0.15, 0.2) is 0 Å². The number of hydrogen-bond acceptors (Lipinski definition) is 3. The quantitative estimate of drug-likeness (QED) is 0.786. The number of nitrogens with zero attached hydrogens (tertiary/aromatic N) is 1. The Bertz CT molecular complexity index is 365. The smallest absolute Gasteiger partial charge is 0.0641 e. The predicted octanol–water partition coefficient (Wildman–Crippen LogP) is 1.81. The Kier molecular flexibility index (Phi) is 4.40. The first-order valence-electron chi connectivity index (χ1n) is 6.43. The molecule has 0 bridgehead atoms. The Hall–Kier alpha value is -1.06. The van der Waals surface area contributed by atoms with Gasteiger partial charge >= 0.3 is 0 Å². The standard InChI is InChI=1S/C14H22N2O/c1-3-17-10-9-16(2)14-6-4-5-12-11-15-8-7-13(12)14/h4-6,15H,3,7-11H2,1-2H3. The van der Waals surface area contributed by atoms with Crippen LogP contribution in [0, 0.1) is 0 Å². The van der Waals surface area contributed by atoms with Crippen molar-refractivity contribution in [2.75, 3.05) is 38.3 Å².